The van der Waals surface area contributed by atoms with Crippen LogP contribution in [0.1, 0.15) is 113 Å². The zero-order valence-electron chi connectivity index (χ0n) is 20.7. The van der Waals surface area contributed by atoms with E-state index in [1.165, 1.54) is 101 Å². The molecule has 34 heavy (non-hydrogen) atoms. The number of alkyl halides is 2. The zero-order valence-corrected chi connectivity index (χ0v) is 20.7. The molecule has 3 rings (SSSR count). The van der Waals surface area contributed by atoms with Gasteiger partial charge in [-0.05, 0) is 79.5 Å². The maximum Gasteiger partial charge on any atom is 0.387 e. The predicted octanol–water partition coefficient (Wildman–Crippen LogP) is 9.49. The van der Waals surface area contributed by atoms with Gasteiger partial charge in [0.2, 0.25) is 0 Å². The fourth-order valence-corrected chi connectivity index (χ4v) is 5.05. The van der Waals surface area contributed by atoms with Crippen molar-refractivity contribution in [2.24, 2.45) is 5.92 Å². The van der Waals surface area contributed by atoms with E-state index in [0.29, 0.717) is 5.92 Å². The average molecular weight is 467 g/mol. The van der Waals surface area contributed by atoms with Crippen molar-refractivity contribution in [2.45, 2.75) is 103 Å². The smallest absolute Gasteiger partial charge is 0.387 e. The van der Waals surface area contributed by atoms with Crippen LogP contribution in [0.2, 0.25) is 0 Å². The van der Waals surface area contributed by atoms with Crippen LogP contribution in [0.5, 0.6) is 5.75 Å². The van der Waals surface area contributed by atoms with E-state index in [9.17, 15) is 8.78 Å². The van der Waals surface area contributed by atoms with Gasteiger partial charge in [-0.2, -0.15) is 8.78 Å². The van der Waals surface area contributed by atoms with Crippen LogP contribution < -0.4 is 4.74 Å². The van der Waals surface area contributed by atoms with Gasteiger partial charge >= 0.3 is 6.61 Å². The first-order valence-corrected chi connectivity index (χ1v) is 13.3. The molecule has 0 heterocycles. The Morgan fingerprint density at radius 3 is 1.82 bits per heavy atom. The molecule has 2 aromatic rings. The monoisotopic (exact) mass is 466 g/mol. The molecule has 0 bridgehead atoms. The van der Waals surface area contributed by atoms with Crippen LogP contribution in [-0.2, 0) is 0 Å². The van der Waals surface area contributed by atoms with E-state index in [-0.39, 0.29) is 5.75 Å². The van der Waals surface area contributed by atoms with Gasteiger partial charge in [-0.15, -0.1) is 0 Å². The van der Waals surface area contributed by atoms with Gasteiger partial charge in [-0.3, -0.25) is 0 Å². The number of benzene rings is 2. The third-order valence-electron chi connectivity index (χ3n) is 7.13. The molecule has 0 aromatic heterocycles. The van der Waals surface area contributed by atoms with Crippen LogP contribution in [0.15, 0.2) is 48.5 Å². The molecule has 0 atom stereocenters. The molecule has 184 valence electrons. The van der Waals surface area contributed by atoms with E-state index in [1.807, 2.05) is 0 Å². The van der Waals surface area contributed by atoms with E-state index in [4.69, 9.17) is 0 Å². The van der Waals surface area contributed by atoms with Gasteiger partial charge in [0, 0.05) is 11.1 Å². The lowest BCUT2D eigenvalue weighted by Gasteiger charge is -2.29. The fourth-order valence-electron chi connectivity index (χ4n) is 5.05. The summed E-state index contributed by atoms with van der Waals surface area (Å²) >= 11 is 0. The largest absolute Gasteiger partial charge is 0.435 e. The molecule has 2 aromatic carbocycles. The summed E-state index contributed by atoms with van der Waals surface area (Å²) in [6, 6.07) is 15.1. The molecule has 1 saturated carbocycles. The van der Waals surface area contributed by atoms with Crippen LogP contribution in [-0.4, -0.2) is 6.61 Å². The molecular weight excluding hydrogens is 426 g/mol. The lowest BCUT2D eigenvalue weighted by Crippen LogP contribution is -2.13. The van der Waals surface area contributed by atoms with Crippen molar-refractivity contribution in [1.29, 1.82) is 0 Å². The first-order valence-electron chi connectivity index (χ1n) is 13.3. The van der Waals surface area contributed by atoms with Gasteiger partial charge in [0.15, 0.2) is 0 Å². The molecule has 1 aliphatic carbocycles. The Kier molecular flexibility index (Phi) is 11.5. The molecule has 0 spiro atoms. The van der Waals surface area contributed by atoms with Crippen LogP contribution in [0, 0.1) is 17.8 Å². The summed E-state index contributed by atoms with van der Waals surface area (Å²) in [6.07, 6.45) is 18.0. The lowest BCUT2D eigenvalue weighted by atomic mass is 9.77. The molecular formula is C31H40F2O. The Hall–Kier alpha value is -2.34. The second-order valence-electron chi connectivity index (χ2n) is 9.76. The molecule has 1 nitrogen and oxygen atoms in total. The molecule has 0 N–H and O–H groups in total. The molecule has 1 fully saturated rings. The standard InChI is InChI=1S/C31H40F2O/c1-2-3-4-5-6-7-8-9-10-25-13-19-28(20-14-25)29-21-15-26(16-22-29)11-12-27-17-23-30(24-18-27)34-31(32)33/h15-18,21-25,28,31H,2-10,13-14,19-20H2,1H3. The molecule has 3 heteroatoms. The van der Waals surface area contributed by atoms with Crippen molar-refractivity contribution in [2.75, 3.05) is 0 Å². The Morgan fingerprint density at radius 1 is 0.735 bits per heavy atom. The second-order valence-corrected chi connectivity index (χ2v) is 9.76. The van der Waals surface area contributed by atoms with Crippen molar-refractivity contribution in [3.05, 3.63) is 65.2 Å². The number of rotatable bonds is 12. The summed E-state index contributed by atoms with van der Waals surface area (Å²) < 4.78 is 28.9. The highest BCUT2D eigenvalue weighted by molar-refractivity contribution is 5.45. The summed E-state index contributed by atoms with van der Waals surface area (Å²) in [4.78, 5) is 0. The minimum atomic E-state index is -2.81. The van der Waals surface area contributed by atoms with Crippen molar-refractivity contribution >= 4 is 0 Å². The van der Waals surface area contributed by atoms with E-state index in [0.717, 1.165) is 17.0 Å². The Bertz CT molecular complexity index is 868. The Morgan fingerprint density at radius 2 is 1.26 bits per heavy atom. The topological polar surface area (TPSA) is 9.23 Å². The Balaban J connectivity index is 1.36. The third-order valence-corrected chi connectivity index (χ3v) is 7.13. The summed E-state index contributed by atoms with van der Waals surface area (Å²) in [5.74, 6) is 8.02. The van der Waals surface area contributed by atoms with Crippen LogP contribution in [0.25, 0.3) is 0 Å². The van der Waals surface area contributed by atoms with Crippen molar-refractivity contribution < 1.29 is 13.5 Å². The summed E-state index contributed by atoms with van der Waals surface area (Å²) in [6.45, 7) is -0.525. The quantitative estimate of drug-likeness (QED) is 0.223. The summed E-state index contributed by atoms with van der Waals surface area (Å²) in [7, 11) is 0. The summed E-state index contributed by atoms with van der Waals surface area (Å²) in [5.41, 5.74) is 3.19. The zero-order chi connectivity index (χ0) is 24.0. The molecule has 0 unspecified atom stereocenters. The normalized spacial score (nSPS) is 17.9. The number of hydrogen-bond donors (Lipinski definition) is 0. The van der Waals surface area contributed by atoms with E-state index < -0.39 is 6.61 Å². The van der Waals surface area contributed by atoms with E-state index in [2.05, 4.69) is 47.8 Å². The Labute approximate surface area is 205 Å². The first kappa shape index (κ1) is 26.3. The molecule has 0 aliphatic heterocycles. The average Bonchev–Trinajstić information content (AvgIpc) is 2.86. The van der Waals surface area contributed by atoms with Crippen LogP contribution in [0.3, 0.4) is 0 Å². The lowest BCUT2D eigenvalue weighted by molar-refractivity contribution is -0.0498. The third kappa shape index (κ3) is 9.49. The van der Waals surface area contributed by atoms with Crippen LogP contribution >= 0.6 is 0 Å². The van der Waals surface area contributed by atoms with Crippen molar-refractivity contribution in [1.82, 2.24) is 0 Å². The highest BCUT2D eigenvalue weighted by atomic mass is 19.3. The van der Waals surface area contributed by atoms with Gasteiger partial charge in [-0.25, -0.2) is 0 Å². The molecule has 0 amide bonds. The number of halogens is 2. The fraction of sp³-hybridized carbons (Fsp3) is 0.548. The number of unbranched alkanes of at least 4 members (excludes halogenated alkanes) is 7. The van der Waals surface area contributed by atoms with E-state index >= 15 is 0 Å². The molecule has 0 radical (unpaired) electrons. The second kappa shape index (κ2) is 14.8. The van der Waals surface area contributed by atoms with Gasteiger partial charge in [0.25, 0.3) is 0 Å². The van der Waals surface area contributed by atoms with Gasteiger partial charge in [0.05, 0.1) is 0 Å². The van der Waals surface area contributed by atoms with Crippen LogP contribution in [0.4, 0.5) is 8.78 Å². The summed E-state index contributed by atoms with van der Waals surface area (Å²) in [5, 5.41) is 0. The highest BCUT2D eigenvalue weighted by Crippen LogP contribution is 2.37. The maximum atomic E-state index is 12.2. The SMILES string of the molecule is CCCCCCCCCCC1CCC(c2ccc(C#Cc3ccc(OC(F)F)cc3)cc2)CC1. The predicted molar refractivity (Wildman–Crippen MR) is 137 cm³/mol. The minimum absolute atomic E-state index is 0.150. The van der Waals surface area contributed by atoms with Gasteiger partial charge in [-0.1, -0.05) is 88.7 Å². The van der Waals surface area contributed by atoms with E-state index in [1.54, 1.807) is 12.1 Å². The maximum absolute atomic E-state index is 12.2. The van der Waals surface area contributed by atoms with Crippen molar-refractivity contribution in [3.63, 3.8) is 0 Å². The van der Waals surface area contributed by atoms with Crippen molar-refractivity contribution in [3.8, 4) is 17.6 Å². The van der Waals surface area contributed by atoms with Gasteiger partial charge < -0.3 is 4.74 Å². The molecule has 0 saturated heterocycles. The first-order chi connectivity index (χ1) is 16.6. The number of hydrogen-bond acceptors (Lipinski definition) is 1. The number of ether oxygens (including phenoxy) is 1. The minimum Gasteiger partial charge on any atom is -0.435 e. The molecule has 1 aliphatic rings. The van der Waals surface area contributed by atoms with Gasteiger partial charge in [0.1, 0.15) is 5.75 Å². The highest BCUT2D eigenvalue weighted by Gasteiger charge is 2.21.